The summed E-state index contributed by atoms with van der Waals surface area (Å²) in [5.74, 6) is 0.483. The third kappa shape index (κ3) is 4.29. The van der Waals surface area contributed by atoms with E-state index in [0.717, 1.165) is 11.1 Å². The molecule has 0 bridgehead atoms. The first-order chi connectivity index (χ1) is 15.7. The quantitative estimate of drug-likeness (QED) is 0.449. The van der Waals surface area contributed by atoms with Gasteiger partial charge >= 0.3 is 0 Å². The minimum Gasteiger partial charge on any atom is -0.492 e. The summed E-state index contributed by atoms with van der Waals surface area (Å²) < 4.78 is 34.3. The van der Waals surface area contributed by atoms with Crippen molar-refractivity contribution in [2.45, 2.75) is 11.8 Å². The molecule has 2 heterocycles. The van der Waals surface area contributed by atoms with E-state index in [4.69, 9.17) is 10.5 Å². The lowest BCUT2D eigenvalue weighted by atomic mass is 9.97. The number of hydrogen-bond acceptors (Lipinski definition) is 6. The third-order valence-corrected chi connectivity index (χ3v) is 7.31. The normalized spacial score (nSPS) is 11.8. The SMILES string of the molecule is CCS(=O)(=O)c1ccc(OCCN)c(-c2cn(C)c(=O)c3ccc(-c4cnn(C)c4)cc23)c1. The fraction of sp³-hybridized carbons (Fsp3) is 0.250. The highest BCUT2D eigenvalue weighted by molar-refractivity contribution is 7.91. The lowest BCUT2D eigenvalue weighted by Gasteiger charge is -2.16. The summed E-state index contributed by atoms with van der Waals surface area (Å²) >= 11 is 0. The van der Waals surface area contributed by atoms with E-state index in [-0.39, 0.29) is 22.8 Å². The number of hydrogen-bond donors (Lipinski definition) is 1. The summed E-state index contributed by atoms with van der Waals surface area (Å²) in [5.41, 5.74) is 8.57. The van der Waals surface area contributed by atoms with Crippen molar-refractivity contribution in [1.82, 2.24) is 14.3 Å². The fourth-order valence-electron chi connectivity index (χ4n) is 3.80. The van der Waals surface area contributed by atoms with E-state index in [9.17, 15) is 13.2 Å². The van der Waals surface area contributed by atoms with E-state index in [1.54, 1.807) is 55.3 Å². The van der Waals surface area contributed by atoms with Crippen molar-refractivity contribution in [3.05, 3.63) is 65.3 Å². The predicted molar refractivity (Wildman–Crippen MR) is 129 cm³/mol. The van der Waals surface area contributed by atoms with E-state index >= 15 is 0 Å². The first kappa shape index (κ1) is 22.8. The van der Waals surface area contributed by atoms with Crippen LogP contribution in [0, 0.1) is 0 Å². The van der Waals surface area contributed by atoms with E-state index in [0.29, 0.717) is 34.2 Å². The number of aryl methyl sites for hydroxylation is 2. The summed E-state index contributed by atoms with van der Waals surface area (Å²) in [6, 6.07) is 10.4. The first-order valence-electron chi connectivity index (χ1n) is 10.6. The van der Waals surface area contributed by atoms with Gasteiger partial charge in [0.2, 0.25) is 0 Å². The third-order valence-electron chi connectivity index (χ3n) is 5.58. The largest absolute Gasteiger partial charge is 0.492 e. The second kappa shape index (κ2) is 8.84. The zero-order valence-electron chi connectivity index (χ0n) is 18.8. The minimum atomic E-state index is -3.45. The second-order valence-corrected chi connectivity index (χ2v) is 10.1. The molecule has 4 aromatic rings. The first-order valence-corrected chi connectivity index (χ1v) is 12.2. The highest BCUT2D eigenvalue weighted by atomic mass is 32.2. The molecule has 0 saturated heterocycles. The number of rotatable bonds is 7. The second-order valence-electron chi connectivity index (χ2n) is 7.82. The van der Waals surface area contributed by atoms with E-state index < -0.39 is 9.84 Å². The van der Waals surface area contributed by atoms with Crippen molar-refractivity contribution in [3.63, 3.8) is 0 Å². The van der Waals surface area contributed by atoms with Gasteiger partial charge in [-0.05, 0) is 41.3 Å². The molecule has 0 aliphatic rings. The highest BCUT2D eigenvalue weighted by Gasteiger charge is 2.19. The molecule has 0 amide bonds. The number of fused-ring (bicyclic) bond motifs is 1. The molecule has 9 heteroatoms. The fourth-order valence-corrected chi connectivity index (χ4v) is 4.71. The molecule has 2 N–H and O–H groups in total. The summed E-state index contributed by atoms with van der Waals surface area (Å²) in [6.07, 6.45) is 5.36. The molecule has 33 heavy (non-hydrogen) atoms. The standard InChI is InChI=1S/C24H26N4O4S/c1-4-33(30,31)18-6-8-23(32-10-9-25)21(12-18)22-15-27(2)24(29)19-7-5-16(11-20(19)22)17-13-26-28(3)14-17/h5-8,11-15H,4,9-10,25H2,1-3H3. The Labute approximate surface area is 192 Å². The Kier molecular flexibility index (Phi) is 6.09. The Morgan fingerprint density at radius 3 is 2.45 bits per heavy atom. The van der Waals surface area contributed by atoms with Crippen LogP contribution in [0.3, 0.4) is 0 Å². The zero-order valence-corrected chi connectivity index (χ0v) is 19.6. The van der Waals surface area contributed by atoms with Crippen LogP contribution >= 0.6 is 0 Å². The van der Waals surface area contributed by atoms with Gasteiger partial charge in [-0.15, -0.1) is 0 Å². The zero-order chi connectivity index (χ0) is 23.8. The van der Waals surface area contributed by atoms with Gasteiger partial charge < -0.3 is 15.0 Å². The smallest absolute Gasteiger partial charge is 0.258 e. The molecule has 8 nitrogen and oxygen atoms in total. The van der Waals surface area contributed by atoms with Crippen LogP contribution < -0.4 is 16.0 Å². The number of aromatic nitrogens is 3. The molecule has 2 aromatic carbocycles. The topological polar surface area (TPSA) is 109 Å². The average molecular weight is 467 g/mol. The lowest BCUT2D eigenvalue weighted by molar-refractivity contribution is 0.329. The van der Waals surface area contributed by atoms with Crippen LogP contribution in [-0.4, -0.2) is 41.7 Å². The van der Waals surface area contributed by atoms with Gasteiger partial charge in [-0.3, -0.25) is 9.48 Å². The molecular formula is C24H26N4O4S. The summed E-state index contributed by atoms with van der Waals surface area (Å²) in [7, 11) is 0.0680. The van der Waals surface area contributed by atoms with Crippen LogP contribution in [0.4, 0.5) is 0 Å². The van der Waals surface area contributed by atoms with Crippen molar-refractivity contribution >= 4 is 20.6 Å². The van der Waals surface area contributed by atoms with Crippen molar-refractivity contribution in [3.8, 4) is 28.0 Å². The molecule has 2 aromatic heterocycles. The lowest BCUT2D eigenvalue weighted by Crippen LogP contribution is -2.17. The summed E-state index contributed by atoms with van der Waals surface area (Å²) in [6.45, 7) is 2.20. The number of nitrogens with two attached hydrogens (primary N) is 1. The number of pyridine rings is 1. The molecule has 0 saturated carbocycles. The van der Waals surface area contributed by atoms with E-state index in [1.807, 2.05) is 25.4 Å². The van der Waals surface area contributed by atoms with Crippen LogP contribution in [0.1, 0.15) is 6.92 Å². The van der Waals surface area contributed by atoms with Crippen LogP contribution in [0.25, 0.3) is 33.0 Å². The molecule has 0 spiro atoms. The maximum Gasteiger partial charge on any atom is 0.258 e. The van der Waals surface area contributed by atoms with Crippen molar-refractivity contribution in [1.29, 1.82) is 0 Å². The van der Waals surface area contributed by atoms with E-state index in [1.165, 1.54) is 4.57 Å². The van der Waals surface area contributed by atoms with Gasteiger partial charge in [0, 0.05) is 55.1 Å². The van der Waals surface area contributed by atoms with Gasteiger partial charge in [-0.25, -0.2) is 8.42 Å². The number of benzene rings is 2. The Morgan fingerprint density at radius 2 is 1.79 bits per heavy atom. The maximum atomic E-state index is 12.9. The van der Waals surface area contributed by atoms with Crippen LogP contribution in [0.15, 0.2) is 64.7 Å². The highest BCUT2D eigenvalue weighted by Crippen LogP contribution is 2.37. The van der Waals surface area contributed by atoms with Gasteiger partial charge in [0.15, 0.2) is 9.84 Å². The predicted octanol–water partition coefficient (Wildman–Crippen LogP) is 2.74. The minimum absolute atomic E-state index is 0.0192. The van der Waals surface area contributed by atoms with Gasteiger partial charge in [-0.2, -0.15) is 5.10 Å². The number of sulfone groups is 1. The van der Waals surface area contributed by atoms with Crippen molar-refractivity contribution in [2.75, 3.05) is 18.9 Å². The van der Waals surface area contributed by atoms with Gasteiger partial charge in [0.05, 0.1) is 16.8 Å². The Balaban J connectivity index is 2.04. The van der Waals surface area contributed by atoms with E-state index in [2.05, 4.69) is 5.10 Å². The van der Waals surface area contributed by atoms with Crippen molar-refractivity contribution in [2.24, 2.45) is 19.8 Å². The summed E-state index contributed by atoms with van der Waals surface area (Å²) in [4.78, 5) is 13.1. The molecule has 0 aliphatic heterocycles. The molecule has 0 radical (unpaired) electrons. The Hall–Kier alpha value is -3.43. The Morgan fingerprint density at radius 1 is 1.00 bits per heavy atom. The monoisotopic (exact) mass is 466 g/mol. The van der Waals surface area contributed by atoms with Crippen LogP contribution in [0.5, 0.6) is 5.75 Å². The number of nitrogens with zero attached hydrogens (tertiary/aromatic N) is 3. The molecule has 0 aliphatic carbocycles. The molecule has 172 valence electrons. The average Bonchev–Trinajstić information content (AvgIpc) is 3.26. The molecule has 0 fully saturated rings. The Bertz CT molecular complexity index is 1500. The van der Waals surface area contributed by atoms with Gasteiger partial charge in [0.1, 0.15) is 12.4 Å². The molecule has 4 rings (SSSR count). The molecule has 0 unspecified atom stereocenters. The molecule has 0 atom stereocenters. The summed E-state index contributed by atoms with van der Waals surface area (Å²) in [5, 5.41) is 5.46. The van der Waals surface area contributed by atoms with Gasteiger partial charge in [0.25, 0.3) is 5.56 Å². The van der Waals surface area contributed by atoms with Crippen molar-refractivity contribution < 1.29 is 13.2 Å². The van der Waals surface area contributed by atoms with Gasteiger partial charge in [-0.1, -0.05) is 13.0 Å². The number of ether oxygens (including phenoxy) is 1. The molecular weight excluding hydrogens is 440 g/mol. The maximum absolute atomic E-state index is 12.9. The van der Waals surface area contributed by atoms with Crippen LogP contribution in [0.2, 0.25) is 0 Å². The van der Waals surface area contributed by atoms with Crippen LogP contribution in [-0.2, 0) is 23.9 Å².